The zero-order valence-corrected chi connectivity index (χ0v) is 40.4. The van der Waals surface area contributed by atoms with Crippen LogP contribution in [0.5, 0.6) is 0 Å². The lowest BCUT2D eigenvalue weighted by molar-refractivity contribution is -0.147. The van der Waals surface area contributed by atoms with E-state index in [1.54, 1.807) is 0 Å². The molecule has 0 aromatic rings. The van der Waals surface area contributed by atoms with Crippen LogP contribution in [-0.2, 0) is 32.7 Å². The number of esters is 1. The van der Waals surface area contributed by atoms with Crippen molar-refractivity contribution >= 4 is 25.7 Å². The van der Waals surface area contributed by atoms with Crippen molar-refractivity contribution in [2.45, 2.75) is 193 Å². The van der Waals surface area contributed by atoms with Crippen LogP contribution in [-0.4, -0.2) is 64.9 Å². The summed E-state index contributed by atoms with van der Waals surface area (Å²) in [5.41, 5.74) is 0. The van der Waals surface area contributed by atoms with Gasteiger partial charge in [-0.25, -0.2) is 9.36 Å². The highest BCUT2D eigenvalue weighted by atomic mass is 31.2. The van der Waals surface area contributed by atoms with E-state index >= 15 is 0 Å². The first-order valence-electron chi connectivity index (χ1n) is 24.3. The number of hydrogen-bond donors (Lipinski definition) is 4. The summed E-state index contributed by atoms with van der Waals surface area (Å²) in [7, 11) is -4.78. The molecule has 4 N–H and O–H groups in total. The number of aliphatic hydroxyl groups is 1. The van der Waals surface area contributed by atoms with E-state index in [1.807, 2.05) is 0 Å². The number of nitrogens with one attached hydrogen (secondary N) is 1. The number of ether oxygens (including phenoxy) is 1. The summed E-state index contributed by atoms with van der Waals surface area (Å²) in [4.78, 5) is 46.1. The Kier molecular flexibility index (Phi) is 43.4. The van der Waals surface area contributed by atoms with E-state index < -0.39 is 57.6 Å². The van der Waals surface area contributed by atoms with E-state index in [1.165, 1.54) is 44.9 Å². The Bertz CT molecular complexity index is 1450. The summed E-state index contributed by atoms with van der Waals surface area (Å²) in [5, 5.41) is 21.9. The van der Waals surface area contributed by atoms with Crippen LogP contribution in [0.2, 0.25) is 0 Å². The van der Waals surface area contributed by atoms with Gasteiger partial charge in [0.25, 0.3) is 0 Å². The number of aliphatic carboxylic acids is 1. The molecule has 0 aromatic carbocycles. The van der Waals surface area contributed by atoms with Gasteiger partial charge < -0.3 is 25.2 Å². The molecule has 0 saturated heterocycles. The van der Waals surface area contributed by atoms with Gasteiger partial charge in [-0.1, -0.05) is 169 Å². The average molecular weight is 916 g/mol. The lowest BCUT2D eigenvalue weighted by atomic mass is 10.1. The number of rotatable bonds is 44. The number of phosphoric acid groups is 1. The van der Waals surface area contributed by atoms with Gasteiger partial charge in [0, 0.05) is 12.8 Å². The molecular weight excluding hydrogens is 830 g/mol. The van der Waals surface area contributed by atoms with Crippen molar-refractivity contribution in [1.82, 2.24) is 5.32 Å². The Morgan fingerprint density at radius 2 is 0.906 bits per heavy atom. The van der Waals surface area contributed by atoms with Crippen molar-refractivity contribution in [3.63, 3.8) is 0 Å². The predicted octanol–water partition coefficient (Wildman–Crippen LogP) is 13.2. The topological polar surface area (TPSA) is 169 Å². The van der Waals surface area contributed by atoms with Gasteiger partial charge in [0.05, 0.1) is 13.2 Å². The fourth-order valence-corrected chi connectivity index (χ4v) is 6.88. The maximum atomic E-state index is 12.4. The van der Waals surface area contributed by atoms with Crippen LogP contribution in [0.4, 0.5) is 0 Å². The average Bonchev–Trinajstić information content (AvgIpc) is 3.27. The van der Waals surface area contributed by atoms with Crippen molar-refractivity contribution in [1.29, 1.82) is 0 Å². The van der Waals surface area contributed by atoms with Crippen molar-refractivity contribution in [3.05, 3.63) is 97.2 Å². The third kappa shape index (κ3) is 45.0. The van der Waals surface area contributed by atoms with Gasteiger partial charge in [-0.15, -0.1) is 0 Å². The van der Waals surface area contributed by atoms with Crippen molar-refractivity contribution in [2.24, 2.45) is 0 Å². The molecule has 3 unspecified atom stereocenters. The number of aliphatic hydroxyl groups excluding tert-OH is 1. The molecule has 0 aromatic heterocycles. The zero-order valence-electron chi connectivity index (χ0n) is 39.5. The number of allylic oxidation sites excluding steroid dienone is 16. The van der Waals surface area contributed by atoms with Gasteiger partial charge in [-0.2, -0.15) is 0 Å². The number of amides is 1. The first-order valence-corrected chi connectivity index (χ1v) is 25.8. The van der Waals surface area contributed by atoms with Gasteiger partial charge in [-0.05, 0) is 96.3 Å². The highest BCUT2D eigenvalue weighted by Gasteiger charge is 2.28. The third-order valence-electron chi connectivity index (χ3n) is 9.86. The van der Waals surface area contributed by atoms with Gasteiger partial charge >= 0.3 is 19.8 Å². The summed E-state index contributed by atoms with van der Waals surface area (Å²) < 4.78 is 26.9. The van der Waals surface area contributed by atoms with Crippen LogP contribution >= 0.6 is 7.82 Å². The summed E-state index contributed by atoms with van der Waals surface area (Å²) in [6.45, 7) is 2.42. The molecule has 0 heterocycles. The Labute approximate surface area is 387 Å². The zero-order chi connectivity index (χ0) is 47.0. The van der Waals surface area contributed by atoms with Gasteiger partial charge in [0.2, 0.25) is 5.91 Å². The second-order valence-corrected chi connectivity index (χ2v) is 17.4. The van der Waals surface area contributed by atoms with Gasteiger partial charge in [0.15, 0.2) is 6.04 Å². The minimum Gasteiger partial charge on any atom is -0.480 e. The van der Waals surface area contributed by atoms with E-state index in [4.69, 9.17) is 13.8 Å². The first kappa shape index (κ1) is 60.4. The van der Waals surface area contributed by atoms with Crippen LogP contribution in [0, 0.1) is 0 Å². The fraction of sp³-hybridized carbons (Fsp3) is 0.635. The first-order chi connectivity index (χ1) is 31.1. The SMILES string of the molecule is CC/C=C\C/C=C\C/C=C\C/C=C\C/C=C\C/C=C\CCCCCCC(=O)NC(COP(=O)(O)OCC(O)COC(=O)CCCCCCCCC/C=C\C/C=C\CCCCC)C(=O)O. The molecule has 1 amide bonds. The maximum Gasteiger partial charge on any atom is 0.472 e. The van der Waals surface area contributed by atoms with Crippen molar-refractivity contribution in [2.75, 3.05) is 19.8 Å². The number of carbonyl (C=O) groups excluding carboxylic acids is 2. The number of carboxylic acid groups (broad SMARTS) is 1. The number of carboxylic acids is 1. The van der Waals surface area contributed by atoms with E-state index in [9.17, 15) is 34.1 Å². The largest absolute Gasteiger partial charge is 0.480 e. The van der Waals surface area contributed by atoms with Crippen molar-refractivity contribution < 1.29 is 47.8 Å². The summed E-state index contributed by atoms with van der Waals surface area (Å²) in [5.74, 6) is -2.43. The second kappa shape index (κ2) is 45.9. The van der Waals surface area contributed by atoms with Crippen LogP contribution in [0.1, 0.15) is 181 Å². The molecule has 3 atom stereocenters. The number of carbonyl (C=O) groups is 3. The van der Waals surface area contributed by atoms with Crippen molar-refractivity contribution in [3.8, 4) is 0 Å². The number of unbranched alkanes of at least 4 members (excludes halogenated alkanes) is 14. The molecule has 0 aliphatic rings. The molecular formula is C52H86NO10P. The Hall–Kier alpha value is -3.60. The number of hydrogen-bond acceptors (Lipinski definition) is 8. The molecule has 12 heteroatoms. The summed E-state index contributed by atoms with van der Waals surface area (Å²) >= 11 is 0. The lowest BCUT2D eigenvalue weighted by Crippen LogP contribution is -2.43. The van der Waals surface area contributed by atoms with Gasteiger partial charge in [0.1, 0.15) is 12.7 Å². The quantitative estimate of drug-likeness (QED) is 0.0200. The van der Waals surface area contributed by atoms with Crippen LogP contribution in [0.3, 0.4) is 0 Å². The molecule has 0 bridgehead atoms. The van der Waals surface area contributed by atoms with Crippen LogP contribution in [0.15, 0.2) is 97.2 Å². The minimum absolute atomic E-state index is 0.109. The molecule has 0 spiro atoms. The van der Waals surface area contributed by atoms with Gasteiger partial charge in [-0.3, -0.25) is 18.6 Å². The molecule has 0 radical (unpaired) electrons. The maximum absolute atomic E-state index is 12.4. The highest BCUT2D eigenvalue weighted by Crippen LogP contribution is 2.43. The lowest BCUT2D eigenvalue weighted by Gasteiger charge is -2.18. The van der Waals surface area contributed by atoms with E-state index in [-0.39, 0.29) is 12.8 Å². The fourth-order valence-electron chi connectivity index (χ4n) is 6.11. The summed E-state index contributed by atoms with van der Waals surface area (Å²) in [6, 6.07) is -1.57. The van der Waals surface area contributed by atoms with E-state index in [0.717, 1.165) is 96.3 Å². The molecule has 0 aliphatic heterocycles. The Balaban J connectivity index is 3.95. The predicted molar refractivity (Wildman–Crippen MR) is 263 cm³/mol. The number of phosphoric ester groups is 1. The van der Waals surface area contributed by atoms with E-state index in [0.29, 0.717) is 12.8 Å². The smallest absolute Gasteiger partial charge is 0.472 e. The standard InChI is InChI=1S/C52H86NO10P/c1-3-5-7-9-11-13-15-17-19-21-22-23-24-25-26-28-29-31-33-35-37-39-41-43-50(55)53-49(52(57)58)47-63-64(59,60)62-46-48(54)45-61-51(56)44-42-40-38-36-34-32-30-27-20-18-16-14-12-10-8-6-4-2/h5,7,11-14,17-20,22-23,25-26,29,31,48-49,54H,3-4,6,8-10,15-16,21,24,27-28,30,32-47H2,1-2H3,(H,53,55)(H,57,58)(H,59,60)/b7-5-,13-11-,14-12-,19-17-,20-18-,23-22-,26-25-,31-29-. The monoisotopic (exact) mass is 916 g/mol. The molecule has 0 fully saturated rings. The molecule has 0 aliphatic carbocycles. The van der Waals surface area contributed by atoms with Crippen LogP contribution in [0.25, 0.3) is 0 Å². The Morgan fingerprint density at radius 1 is 0.516 bits per heavy atom. The summed E-state index contributed by atoms with van der Waals surface area (Å²) in [6.07, 6.45) is 58.5. The molecule has 11 nitrogen and oxygen atoms in total. The molecule has 0 saturated carbocycles. The van der Waals surface area contributed by atoms with E-state index in [2.05, 4.69) is 116 Å². The van der Waals surface area contributed by atoms with Crippen LogP contribution < -0.4 is 5.32 Å². The minimum atomic E-state index is -4.78. The molecule has 64 heavy (non-hydrogen) atoms. The highest BCUT2D eigenvalue weighted by molar-refractivity contribution is 7.47. The Morgan fingerprint density at radius 3 is 1.36 bits per heavy atom. The second-order valence-electron chi connectivity index (χ2n) is 15.9. The molecule has 364 valence electrons. The third-order valence-corrected chi connectivity index (χ3v) is 10.8. The molecule has 0 rings (SSSR count). The normalized spacial score (nSPS) is 14.4.